The fourth-order valence-corrected chi connectivity index (χ4v) is 0. The molecule has 0 saturated carbocycles. The van der Waals surface area contributed by atoms with Crippen LogP contribution in [0.15, 0.2) is 0 Å². The summed E-state index contributed by atoms with van der Waals surface area (Å²) in [6.07, 6.45) is 0.222. The van der Waals surface area contributed by atoms with E-state index in [1.54, 1.807) is 6.92 Å². The molecule has 0 atom stereocenters. The zero-order valence-corrected chi connectivity index (χ0v) is 7.51. The molecule has 0 amide bonds. The summed E-state index contributed by atoms with van der Waals surface area (Å²) in [4.78, 5) is 9.37. The van der Waals surface area contributed by atoms with Crippen LogP contribution < -0.4 is 0 Å². The molecule has 62 valence electrons. The van der Waals surface area contributed by atoms with E-state index >= 15 is 0 Å². The summed E-state index contributed by atoms with van der Waals surface area (Å²) in [5.41, 5.74) is 0. The lowest BCUT2D eigenvalue weighted by atomic mass is 10.5. The molecule has 0 bridgehead atoms. The van der Waals surface area contributed by atoms with Gasteiger partial charge in [-0.1, -0.05) is 6.92 Å². The predicted octanol–water partition coefficient (Wildman–Crippen LogP) is 0.803. The van der Waals surface area contributed by atoms with Crippen LogP contribution in [0.2, 0.25) is 0 Å². The van der Waals surface area contributed by atoms with E-state index in [9.17, 15) is 4.79 Å². The van der Waals surface area contributed by atoms with E-state index in [1.165, 1.54) is 0 Å². The van der Waals surface area contributed by atoms with Gasteiger partial charge in [0, 0.05) is 6.42 Å². The Kier molecular flexibility index (Phi) is 6.35. The van der Waals surface area contributed by atoms with Gasteiger partial charge in [0.2, 0.25) is 0 Å². The van der Waals surface area contributed by atoms with E-state index in [0.29, 0.717) is 0 Å². The van der Waals surface area contributed by atoms with Gasteiger partial charge in [0.25, 0.3) is 0 Å². The van der Waals surface area contributed by atoms with Crippen molar-refractivity contribution in [2.75, 3.05) is 28.2 Å². The molecule has 10 heavy (non-hydrogen) atoms. The van der Waals surface area contributed by atoms with Gasteiger partial charge in [-0.05, 0) is 0 Å². The van der Waals surface area contributed by atoms with Crippen LogP contribution in [0, 0.1) is 0 Å². The van der Waals surface area contributed by atoms with Gasteiger partial charge in [0.1, 0.15) is 0 Å². The average molecular weight is 148 g/mol. The molecule has 0 spiro atoms. The first-order valence-electron chi connectivity index (χ1n) is 3.28. The van der Waals surface area contributed by atoms with E-state index in [4.69, 9.17) is 5.11 Å². The lowest BCUT2D eigenvalue weighted by Gasteiger charge is -2.14. The Morgan fingerprint density at radius 1 is 1.30 bits per heavy atom. The van der Waals surface area contributed by atoms with Gasteiger partial charge in [-0.25, -0.2) is 0 Å². The first kappa shape index (κ1) is 12.1. The van der Waals surface area contributed by atoms with E-state index in [0.717, 1.165) is 4.48 Å². The van der Waals surface area contributed by atoms with Crippen LogP contribution in [0.5, 0.6) is 0 Å². The number of carbonyl (C=O) groups is 1. The largest absolute Gasteiger partial charge is 0.481 e. The van der Waals surface area contributed by atoms with Gasteiger partial charge < -0.3 is 9.59 Å². The highest BCUT2D eigenvalue weighted by molar-refractivity contribution is 5.66. The first-order chi connectivity index (χ1) is 4.27. The molecule has 0 heterocycles. The van der Waals surface area contributed by atoms with Crippen molar-refractivity contribution in [2.24, 2.45) is 0 Å². The van der Waals surface area contributed by atoms with Crippen LogP contribution in [0.3, 0.4) is 0 Å². The molecule has 0 rings (SSSR count). The second-order valence-electron chi connectivity index (χ2n) is 3.43. The smallest absolute Gasteiger partial charge is 0.303 e. The molecule has 1 N–H and O–H groups in total. The molecule has 0 unspecified atom stereocenters. The van der Waals surface area contributed by atoms with E-state index in [1.807, 2.05) is 0 Å². The van der Waals surface area contributed by atoms with Crippen LogP contribution >= 0.6 is 0 Å². The number of nitrogens with zero attached hydrogens (tertiary/aromatic N) is 1. The minimum atomic E-state index is -0.745. The Morgan fingerprint density at radius 3 is 1.40 bits per heavy atom. The number of quaternary nitrogens is 1. The third kappa shape index (κ3) is 150. The van der Waals surface area contributed by atoms with Crippen molar-refractivity contribution in [1.82, 2.24) is 0 Å². The highest BCUT2D eigenvalue weighted by Crippen LogP contribution is 1.73. The third-order valence-electron chi connectivity index (χ3n) is 0.302. The summed E-state index contributed by atoms with van der Waals surface area (Å²) in [5.74, 6) is -0.745. The number of hydrogen-bond acceptors (Lipinski definition) is 1. The van der Waals surface area contributed by atoms with Crippen molar-refractivity contribution >= 4 is 5.97 Å². The predicted molar refractivity (Wildman–Crippen MR) is 41.9 cm³/mol. The summed E-state index contributed by atoms with van der Waals surface area (Å²) >= 11 is 0. The quantitative estimate of drug-likeness (QED) is 0.558. The van der Waals surface area contributed by atoms with E-state index in [2.05, 4.69) is 28.2 Å². The Labute approximate surface area is 62.9 Å². The molecule has 0 aromatic carbocycles. The van der Waals surface area contributed by atoms with Gasteiger partial charge in [0.05, 0.1) is 28.2 Å². The second-order valence-corrected chi connectivity index (χ2v) is 3.43. The summed E-state index contributed by atoms with van der Waals surface area (Å²) in [7, 11) is 8.50. The van der Waals surface area contributed by atoms with Crippen LogP contribution in [-0.2, 0) is 4.79 Å². The molecule has 0 aliphatic carbocycles. The van der Waals surface area contributed by atoms with E-state index in [-0.39, 0.29) is 6.42 Å². The Morgan fingerprint density at radius 2 is 1.40 bits per heavy atom. The molecular weight excluding hydrogens is 130 g/mol. The number of rotatable bonds is 1. The second kappa shape index (κ2) is 5.23. The molecule has 0 aliphatic rings. The number of carboxylic acids is 1. The summed E-state index contributed by atoms with van der Waals surface area (Å²) in [6.45, 7) is 1.60. The van der Waals surface area contributed by atoms with Gasteiger partial charge >= 0.3 is 5.97 Å². The van der Waals surface area contributed by atoms with Crippen molar-refractivity contribution in [3.63, 3.8) is 0 Å². The van der Waals surface area contributed by atoms with Gasteiger partial charge in [-0.3, -0.25) is 4.79 Å². The molecular formula is C7H18NO2+. The third-order valence-corrected chi connectivity index (χ3v) is 0.302. The standard InChI is InChI=1S/C4H12N.C3H6O2/c1-5(2,3)4;1-2-3(4)5/h1-4H3;2H2,1H3,(H,4,5)/q+1;. The van der Waals surface area contributed by atoms with Gasteiger partial charge in [0.15, 0.2) is 0 Å². The highest BCUT2D eigenvalue weighted by atomic mass is 16.4. The molecule has 0 fully saturated rings. The van der Waals surface area contributed by atoms with Crippen molar-refractivity contribution in [3.05, 3.63) is 0 Å². The Bertz CT molecular complexity index is 88.3. The maximum absolute atomic E-state index is 9.37. The maximum atomic E-state index is 9.37. The van der Waals surface area contributed by atoms with E-state index < -0.39 is 5.97 Å². The van der Waals surface area contributed by atoms with Crippen molar-refractivity contribution in [2.45, 2.75) is 13.3 Å². The summed E-state index contributed by atoms with van der Waals surface area (Å²) in [5, 5.41) is 7.72. The lowest BCUT2D eigenvalue weighted by molar-refractivity contribution is -0.849. The zero-order chi connectivity index (χ0) is 8.78. The van der Waals surface area contributed by atoms with Crippen molar-refractivity contribution in [1.29, 1.82) is 0 Å². The number of hydrogen-bond donors (Lipinski definition) is 1. The minimum Gasteiger partial charge on any atom is -0.481 e. The average Bonchev–Trinajstić information content (AvgIpc) is 1.61. The van der Waals surface area contributed by atoms with Crippen LogP contribution in [0.4, 0.5) is 0 Å². The Hall–Kier alpha value is -0.570. The SMILES string of the molecule is CCC(=O)O.C[N+](C)(C)C. The molecule has 0 aromatic rings. The fourth-order valence-electron chi connectivity index (χ4n) is 0. The monoisotopic (exact) mass is 148 g/mol. The van der Waals surface area contributed by atoms with Crippen LogP contribution in [0.25, 0.3) is 0 Å². The van der Waals surface area contributed by atoms with Crippen LogP contribution in [-0.4, -0.2) is 43.7 Å². The van der Waals surface area contributed by atoms with Crippen LogP contribution in [0.1, 0.15) is 13.3 Å². The molecule has 0 aromatic heterocycles. The fraction of sp³-hybridized carbons (Fsp3) is 0.857. The molecule has 0 aliphatic heterocycles. The Balaban J connectivity index is 0. The lowest BCUT2D eigenvalue weighted by Crippen LogP contribution is -2.27. The molecule has 3 heteroatoms. The minimum absolute atomic E-state index is 0.222. The first-order valence-corrected chi connectivity index (χ1v) is 3.28. The van der Waals surface area contributed by atoms with Gasteiger partial charge in [-0.2, -0.15) is 0 Å². The number of carboxylic acid groups (broad SMARTS) is 1. The molecule has 0 saturated heterocycles. The van der Waals surface area contributed by atoms with Crippen molar-refractivity contribution in [3.8, 4) is 0 Å². The zero-order valence-electron chi connectivity index (χ0n) is 7.51. The molecule has 0 radical (unpaired) electrons. The maximum Gasteiger partial charge on any atom is 0.303 e. The van der Waals surface area contributed by atoms with Crippen molar-refractivity contribution < 1.29 is 14.4 Å². The number of aliphatic carboxylic acids is 1. The summed E-state index contributed by atoms with van der Waals surface area (Å²) in [6, 6.07) is 0. The highest BCUT2D eigenvalue weighted by Gasteiger charge is 1.88. The normalized spacial score (nSPS) is 9.70. The topological polar surface area (TPSA) is 37.3 Å². The molecule has 3 nitrogen and oxygen atoms in total. The van der Waals surface area contributed by atoms with Gasteiger partial charge in [-0.15, -0.1) is 0 Å². The summed E-state index contributed by atoms with van der Waals surface area (Å²) < 4.78 is 1.00.